The number of carbonyl (C=O) groups excluding carboxylic acids is 4. The lowest BCUT2D eigenvalue weighted by Crippen LogP contribution is -2.38. The molecule has 1 aromatic rings. The average molecular weight is 518 g/mol. The number of unbranched alkanes of at least 4 members (excludes halogenated alkanes) is 1. The molecule has 0 saturated carbocycles. The SMILES string of the molecule is CC1NC(C2CC(CC(C)(C)C(N)=O)C(C)O2)CC1Cc1ccc(C=O)c(OCCCC=O)c1.NC=O. The Morgan fingerprint density at radius 3 is 2.51 bits per heavy atom. The van der Waals surface area contributed by atoms with E-state index < -0.39 is 5.41 Å². The van der Waals surface area contributed by atoms with E-state index in [0.29, 0.717) is 48.6 Å². The molecular weight excluding hydrogens is 474 g/mol. The zero-order chi connectivity index (χ0) is 27.6. The van der Waals surface area contributed by atoms with Crippen LogP contribution in [0.15, 0.2) is 18.2 Å². The first-order chi connectivity index (χ1) is 17.6. The Morgan fingerprint density at radius 1 is 1.19 bits per heavy atom. The van der Waals surface area contributed by atoms with Crippen molar-refractivity contribution in [1.82, 2.24) is 5.32 Å². The third-order valence-corrected chi connectivity index (χ3v) is 7.64. The summed E-state index contributed by atoms with van der Waals surface area (Å²) in [5.74, 6) is 1.08. The smallest absolute Gasteiger partial charge is 0.223 e. The van der Waals surface area contributed by atoms with Gasteiger partial charge in [0.15, 0.2) is 6.29 Å². The van der Waals surface area contributed by atoms with E-state index in [9.17, 15) is 14.4 Å². The van der Waals surface area contributed by atoms with E-state index in [4.69, 9.17) is 20.0 Å². The quantitative estimate of drug-likeness (QED) is 0.285. The van der Waals surface area contributed by atoms with Crippen LogP contribution in [0.1, 0.15) is 75.7 Å². The molecule has 0 radical (unpaired) electrons. The van der Waals surface area contributed by atoms with Gasteiger partial charge in [0.05, 0.1) is 24.4 Å². The van der Waals surface area contributed by atoms with Gasteiger partial charge in [0, 0.05) is 23.9 Å². The van der Waals surface area contributed by atoms with Gasteiger partial charge in [0.2, 0.25) is 12.3 Å². The van der Waals surface area contributed by atoms with Gasteiger partial charge in [0.25, 0.3) is 0 Å². The van der Waals surface area contributed by atoms with Gasteiger partial charge < -0.3 is 31.1 Å². The topological polar surface area (TPSA) is 151 Å². The molecule has 2 aliphatic heterocycles. The van der Waals surface area contributed by atoms with E-state index in [1.54, 1.807) is 0 Å². The molecule has 9 nitrogen and oxygen atoms in total. The van der Waals surface area contributed by atoms with Crippen LogP contribution in [0.25, 0.3) is 0 Å². The number of ether oxygens (including phenoxy) is 2. The number of rotatable bonds is 12. The Hall–Kier alpha value is -2.78. The molecule has 0 aliphatic carbocycles. The van der Waals surface area contributed by atoms with Gasteiger partial charge in [0.1, 0.15) is 12.0 Å². The highest BCUT2D eigenvalue weighted by atomic mass is 16.5. The van der Waals surface area contributed by atoms with Crippen LogP contribution in [-0.4, -0.2) is 55.8 Å². The maximum absolute atomic E-state index is 11.8. The van der Waals surface area contributed by atoms with Crippen molar-refractivity contribution < 1.29 is 28.7 Å². The predicted molar refractivity (Wildman–Crippen MR) is 141 cm³/mol. The average Bonchev–Trinajstić information content (AvgIpc) is 3.39. The highest BCUT2D eigenvalue weighted by molar-refractivity contribution is 5.80. The lowest BCUT2D eigenvalue weighted by atomic mass is 9.79. The summed E-state index contributed by atoms with van der Waals surface area (Å²) in [5.41, 5.74) is 10.9. The van der Waals surface area contributed by atoms with Gasteiger partial charge >= 0.3 is 0 Å². The summed E-state index contributed by atoms with van der Waals surface area (Å²) < 4.78 is 12.1. The lowest BCUT2D eigenvalue weighted by molar-refractivity contribution is -0.127. The molecule has 0 aromatic heterocycles. The number of carbonyl (C=O) groups is 4. The Balaban J connectivity index is 0.00000153. The Morgan fingerprint density at radius 2 is 1.89 bits per heavy atom. The van der Waals surface area contributed by atoms with Gasteiger partial charge in [-0.2, -0.15) is 0 Å². The molecule has 6 unspecified atom stereocenters. The molecule has 2 aliphatic rings. The van der Waals surface area contributed by atoms with E-state index in [1.807, 2.05) is 32.0 Å². The normalized spacial score (nSPS) is 27.1. The Bertz CT molecular complexity index is 921. The summed E-state index contributed by atoms with van der Waals surface area (Å²) in [5, 5.41) is 3.74. The van der Waals surface area contributed by atoms with Crippen molar-refractivity contribution in [2.24, 2.45) is 28.7 Å². The molecule has 2 saturated heterocycles. The van der Waals surface area contributed by atoms with E-state index >= 15 is 0 Å². The van der Waals surface area contributed by atoms with Crippen LogP contribution in [0.4, 0.5) is 0 Å². The summed E-state index contributed by atoms with van der Waals surface area (Å²) >= 11 is 0. The number of primary amides is 2. The molecule has 3 rings (SSSR count). The minimum Gasteiger partial charge on any atom is -0.493 e. The van der Waals surface area contributed by atoms with E-state index in [0.717, 1.165) is 43.8 Å². The third-order valence-electron chi connectivity index (χ3n) is 7.64. The summed E-state index contributed by atoms with van der Waals surface area (Å²) in [4.78, 5) is 42.3. The van der Waals surface area contributed by atoms with Crippen molar-refractivity contribution >= 4 is 24.9 Å². The summed E-state index contributed by atoms with van der Waals surface area (Å²) in [7, 11) is 0. The second kappa shape index (κ2) is 14.2. The minimum absolute atomic E-state index is 0.106. The maximum Gasteiger partial charge on any atom is 0.223 e. The minimum atomic E-state index is -0.531. The zero-order valence-corrected chi connectivity index (χ0v) is 22.5. The van der Waals surface area contributed by atoms with Crippen molar-refractivity contribution in [2.45, 2.75) is 90.5 Å². The second-order valence-corrected chi connectivity index (χ2v) is 10.9. The highest BCUT2D eigenvalue weighted by Crippen LogP contribution is 2.40. The first kappa shape index (κ1) is 30.4. The van der Waals surface area contributed by atoms with Crippen molar-refractivity contribution in [3.8, 4) is 5.75 Å². The molecule has 2 fully saturated rings. The van der Waals surface area contributed by atoms with Gasteiger partial charge in [-0.15, -0.1) is 0 Å². The fourth-order valence-corrected chi connectivity index (χ4v) is 5.37. The van der Waals surface area contributed by atoms with Crippen molar-refractivity contribution in [3.63, 3.8) is 0 Å². The number of hydrogen-bond donors (Lipinski definition) is 3. The van der Waals surface area contributed by atoms with E-state index in [1.165, 1.54) is 0 Å². The molecule has 6 atom stereocenters. The Kier molecular flexibility index (Phi) is 11.7. The predicted octanol–water partition coefficient (Wildman–Crippen LogP) is 2.56. The van der Waals surface area contributed by atoms with Crippen LogP contribution < -0.4 is 21.5 Å². The van der Waals surface area contributed by atoms with Crippen molar-refractivity contribution in [2.75, 3.05) is 6.61 Å². The largest absolute Gasteiger partial charge is 0.493 e. The van der Waals surface area contributed by atoms with Crippen LogP contribution >= 0.6 is 0 Å². The first-order valence-electron chi connectivity index (χ1n) is 13.1. The highest BCUT2D eigenvalue weighted by Gasteiger charge is 2.44. The van der Waals surface area contributed by atoms with Gasteiger partial charge in [-0.3, -0.25) is 14.4 Å². The Labute approximate surface area is 220 Å². The standard InChI is InChI=1S/C27H40N2O5.CH3NO/c1-17-21(11-19-7-8-20(16-31)24(12-19)33-10-6-5-9-30)13-23(29-17)25-14-22(18(2)34-25)15-27(3,4)26(28)32;2-1-3/h7-9,12,16-18,21-23,25,29H,5-6,10-11,13-15H2,1-4H3,(H2,28,32);1H,(H2,2,3). The molecule has 2 heterocycles. The number of aldehydes is 2. The van der Waals surface area contributed by atoms with Crippen LogP contribution in [0.5, 0.6) is 5.75 Å². The molecule has 0 spiro atoms. The first-order valence-corrected chi connectivity index (χ1v) is 13.1. The molecule has 206 valence electrons. The van der Waals surface area contributed by atoms with Gasteiger partial charge in [-0.05, 0) is 75.5 Å². The van der Waals surface area contributed by atoms with E-state index in [2.05, 4.69) is 24.9 Å². The molecule has 5 N–H and O–H groups in total. The van der Waals surface area contributed by atoms with Crippen molar-refractivity contribution in [1.29, 1.82) is 0 Å². The summed E-state index contributed by atoms with van der Waals surface area (Å²) in [6.45, 7) is 8.56. The number of nitrogens with one attached hydrogen (secondary N) is 1. The molecular formula is C28H43N3O6. The number of amides is 2. The monoisotopic (exact) mass is 517 g/mol. The van der Waals surface area contributed by atoms with Crippen molar-refractivity contribution in [3.05, 3.63) is 29.3 Å². The summed E-state index contributed by atoms with van der Waals surface area (Å²) in [6, 6.07) is 6.39. The van der Waals surface area contributed by atoms with Gasteiger partial charge in [-0.25, -0.2) is 0 Å². The van der Waals surface area contributed by atoms with Gasteiger partial charge in [-0.1, -0.05) is 19.9 Å². The van der Waals surface area contributed by atoms with Crippen LogP contribution in [0.2, 0.25) is 0 Å². The molecule has 37 heavy (non-hydrogen) atoms. The number of benzene rings is 1. The van der Waals surface area contributed by atoms with Crippen LogP contribution in [0, 0.1) is 17.3 Å². The fourth-order valence-electron chi connectivity index (χ4n) is 5.37. The third kappa shape index (κ3) is 8.64. The maximum atomic E-state index is 11.8. The van der Waals surface area contributed by atoms with E-state index in [-0.39, 0.29) is 30.6 Å². The lowest BCUT2D eigenvalue weighted by Gasteiger charge is -2.25. The zero-order valence-electron chi connectivity index (χ0n) is 22.5. The number of hydrogen-bond acceptors (Lipinski definition) is 7. The molecule has 1 aromatic carbocycles. The summed E-state index contributed by atoms with van der Waals surface area (Å²) in [6.07, 6.45) is 6.82. The van der Waals surface area contributed by atoms with Crippen LogP contribution in [-0.2, 0) is 25.5 Å². The molecule has 2 amide bonds. The van der Waals surface area contributed by atoms with Crippen LogP contribution in [0.3, 0.4) is 0 Å². The molecule has 0 bridgehead atoms. The second-order valence-electron chi connectivity index (χ2n) is 10.9. The fraction of sp³-hybridized carbons (Fsp3) is 0.643. The number of nitrogens with two attached hydrogens (primary N) is 2. The molecule has 9 heteroatoms.